The number of hydrogen-bond acceptors (Lipinski definition) is 26. The van der Waals surface area contributed by atoms with Crippen molar-refractivity contribution in [2.24, 2.45) is 34.6 Å². The number of phenolic OH excluding ortho intramolecular Hbond substituents is 1. The molecule has 49 nitrogen and oxygen atoms in total. The van der Waals surface area contributed by atoms with Crippen LogP contribution >= 0.6 is 0 Å². The fourth-order valence-electron chi connectivity index (χ4n) is 14.7. The monoisotopic (exact) mass is 1900 g/mol. The Morgan fingerprint density at radius 2 is 0.949 bits per heavy atom. The Morgan fingerprint density at radius 3 is 1.51 bits per heavy atom. The first-order valence-corrected chi connectivity index (χ1v) is 44.4. The van der Waals surface area contributed by atoms with E-state index in [0.29, 0.717) is 35.2 Å². The highest BCUT2D eigenvalue weighted by molar-refractivity contribution is 6.01. The number of aliphatic carboxylic acids is 2. The molecular formula is C87H125N25O24. The van der Waals surface area contributed by atoms with Gasteiger partial charge in [-0.3, -0.25) is 96.5 Å². The lowest BCUT2D eigenvalue weighted by Gasteiger charge is -2.31. The molecule has 31 N–H and O–H groups in total. The van der Waals surface area contributed by atoms with Crippen LogP contribution in [-0.4, -0.2) is 301 Å². The minimum absolute atomic E-state index is 0.0354. The van der Waals surface area contributed by atoms with Gasteiger partial charge in [0.25, 0.3) is 0 Å². The van der Waals surface area contributed by atoms with E-state index in [1.54, 1.807) is 74.5 Å². The second-order valence-electron chi connectivity index (χ2n) is 33.2. The van der Waals surface area contributed by atoms with E-state index in [4.69, 9.17) is 34.1 Å². The van der Waals surface area contributed by atoms with Crippen molar-refractivity contribution in [1.29, 1.82) is 5.41 Å². The van der Waals surface area contributed by atoms with Crippen LogP contribution in [0.2, 0.25) is 0 Å². The number of rotatable bonds is 58. The molecule has 1 aromatic heterocycles. The van der Waals surface area contributed by atoms with Crippen LogP contribution in [0.4, 0.5) is 0 Å². The number of nitrogens with zero attached hydrogens (tertiary/aromatic N) is 3. The number of guanidine groups is 1. The number of aromatic hydroxyl groups is 1. The summed E-state index contributed by atoms with van der Waals surface area (Å²) in [5.41, 5.74) is 29.7. The maximum atomic E-state index is 14.9. The van der Waals surface area contributed by atoms with Gasteiger partial charge in [-0.1, -0.05) is 86.6 Å². The molecule has 2 aliphatic heterocycles. The molecule has 2 saturated heterocycles. The Hall–Kier alpha value is -14.8. The van der Waals surface area contributed by atoms with E-state index in [0.717, 1.165) is 16.7 Å². The molecular weight excluding hydrogens is 1780 g/mol. The number of benzene rings is 3. The van der Waals surface area contributed by atoms with Gasteiger partial charge in [-0.05, 0) is 125 Å². The Kier molecular flexibility index (Phi) is 45.5. The van der Waals surface area contributed by atoms with E-state index in [-0.39, 0.29) is 134 Å². The van der Waals surface area contributed by atoms with E-state index in [1.807, 2.05) is 0 Å². The maximum Gasteiger partial charge on any atom is 0.326 e. The van der Waals surface area contributed by atoms with Gasteiger partial charge in [0.2, 0.25) is 106 Å². The summed E-state index contributed by atoms with van der Waals surface area (Å²) in [7, 11) is 0. The van der Waals surface area contributed by atoms with Crippen LogP contribution in [0, 0.1) is 11.3 Å². The number of carbonyl (C=O) groups is 20. The summed E-state index contributed by atoms with van der Waals surface area (Å²) in [6, 6.07) is 2.65. The molecule has 14 atom stereocenters. The first-order valence-electron chi connectivity index (χ1n) is 44.4. The number of primary amides is 2. The number of amides is 18. The number of nitrogens with two attached hydrogens (primary N) is 5. The van der Waals surface area contributed by atoms with Crippen molar-refractivity contribution in [2.75, 3.05) is 52.4 Å². The van der Waals surface area contributed by atoms with Crippen molar-refractivity contribution in [3.63, 3.8) is 0 Å². The molecule has 0 spiro atoms. The number of nitrogens with one attached hydrogen (secondary N) is 17. The summed E-state index contributed by atoms with van der Waals surface area (Å²) in [4.78, 5) is 281. The number of carboxylic acid groups (broad SMARTS) is 2. The number of hydrogen-bond donors (Lipinski definition) is 26. The number of aromatic amines is 1. The molecule has 0 bridgehead atoms. The zero-order valence-electron chi connectivity index (χ0n) is 75.7. The number of H-pyrrole nitrogens is 1. The van der Waals surface area contributed by atoms with Gasteiger partial charge < -0.3 is 144 Å². The van der Waals surface area contributed by atoms with Crippen LogP contribution in [0.15, 0.2) is 97.5 Å². The molecule has 0 radical (unpaired) electrons. The molecule has 136 heavy (non-hydrogen) atoms. The lowest BCUT2D eigenvalue weighted by atomic mass is 10.0. The summed E-state index contributed by atoms with van der Waals surface area (Å²) in [6.07, 6.45) is -1.47. The quantitative estimate of drug-likeness (QED) is 0.0111. The molecule has 3 aromatic carbocycles. The number of aliphatic hydroxyl groups is 1. The number of carbonyl (C=O) groups excluding carboxylic acids is 18. The minimum atomic E-state index is -1.82. The van der Waals surface area contributed by atoms with Crippen LogP contribution in [0.25, 0.3) is 0 Å². The highest BCUT2D eigenvalue weighted by Crippen LogP contribution is 2.23. The highest BCUT2D eigenvalue weighted by atomic mass is 16.4. The molecule has 2 fully saturated rings. The summed E-state index contributed by atoms with van der Waals surface area (Å²) < 4.78 is 0. The first kappa shape index (κ1) is 110. The van der Waals surface area contributed by atoms with Crippen molar-refractivity contribution in [2.45, 2.75) is 227 Å². The van der Waals surface area contributed by atoms with Gasteiger partial charge >= 0.3 is 11.9 Å². The minimum Gasteiger partial charge on any atom is -0.508 e. The SMILES string of the molecule is CC(C)C[C@H](NC(=O)CNC(=O)CNC(=O)[C@H](Cc1ccccc1)NC(=O)[C@H](Cc1cnc[nH]1)NC(=O)CNC(=O)[C@@H](NC(=O)[C@H](CCCCN)NC(=O)[C@H](Cc1ccccc1)NC(=O)[C@H](CCCNC(=N)N)NC(=O)[C@@H](N)CCC(N)=O)[C@@H](C)O)C(=O)N[C@@H](Cc1ccc(O)cc1)C(=O)N1CCC[C@H]1C(=O)N[C@@H](CCC(=O)O)C(=O)N[C@@H](CC(N)=O)C(=O)NCC(=O)N1CCC[C@H]1C(=O)O. The lowest BCUT2D eigenvalue weighted by Crippen LogP contribution is -2.61. The van der Waals surface area contributed by atoms with Crippen molar-refractivity contribution in [1.82, 2.24) is 99.5 Å². The van der Waals surface area contributed by atoms with Gasteiger partial charge in [-0.15, -0.1) is 0 Å². The largest absolute Gasteiger partial charge is 0.508 e. The molecule has 742 valence electrons. The van der Waals surface area contributed by atoms with Crippen molar-refractivity contribution in [3.8, 4) is 5.75 Å². The highest BCUT2D eigenvalue weighted by Gasteiger charge is 2.43. The number of aliphatic hydroxyl groups excluding tert-OH is 1. The van der Waals surface area contributed by atoms with Crippen molar-refractivity contribution >= 4 is 124 Å². The summed E-state index contributed by atoms with van der Waals surface area (Å²) >= 11 is 0. The molecule has 18 amide bonds. The lowest BCUT2D eigenvalue weighted by molar-refractivity contribution is -0.148. The number of phenols is 1. The van der Waals surface area contributed by atoms with E-state index < -0.39 is 248 Å². The summed E-state index contributed by atoms with van der Waals surface area (Å²) in [5, 5.41) is 85.2. The number of carboxylic acids is 2. The molecule has 6 rings (SSSR count). The number of imidazole rings is 1. The predicted octanol–water partition coefficient (Wildman–Crippen LogP) is -8.08. The number of likely N-dealkylation sites (tertiary alicyclic amines) is 2. The zero-order valence-corrected chi connectivity index (χ0v) is 75.7. The van der Waals surface area contributed by atoms with Gasteiger partial charge in [-0.2, -0.15) is 0 Å². The molecule has 2 aliphatic rings. The van der Waals surface area contributed by atoms with Crippen molar-refractivity contribution < 1.29 is 116 Å². The molecule has 0 unspecified atom stereocenters. The third-order valence-corrected chi connectivity index (χ3v) is 21.8. The fourth-order valence-corrected chi connectivity index (χ4v) is 14.7. The first-order chi connectivity index (χ1) is 64.6. The zero-order chi connectivity index (χ0) is 100. The van der Waals surface area contributed by atoms with Crippen LogP contribution in [-0.2, 0) is 122 Å². The van der Waals surface area contributed by atoms with Crippen LogP contribution in [0.3, 0.4) is 0 Å². The second-order valence-corrected chi connectivity index (χ2v) is 33.2. The molecule has 4 aromatic rings. The van der Waals surface area contributed by atoms with E-state index in [9.17, 15) is 116 Å². The topological polar surface area (TPSA) is 792 Å². The van der Waals surface area contributed by atoms with Crippen LogP contribution in [0.1, 0.15) is 139 Å². The van der Waals surface area contributed by atoms with Gasteiger partial charge in [0.15, 0.2) is 5.96 Å². The fraction of sp³-hybridized carbons (Fsp3) is 0.517. The summed E-state index contributed by atoms with van der Waals surface area (Å²) in [5.74, 6) is -20.8. The maximum absolute atomic E-state index is 14.9. The van der Waals surface area contributed by atoms with Crippen molar-refractivity contribution in [3.05, 3.63) is 120 Å². The Balaban J connectivity index is 1.10. The molecule has 49 heteroatoms. The average Bonchev–Trinajstić information content (AvgIpc) is 1.65. The molecule has 0 saturated carbocycles. The third-order valence-electron chi connectivity index (χ3n) is 21.8. The number of aromatic nitrogens is 2. The molecule has 0 aliphatic carbocycles. The van der Waals surface area contributed by atoms with Gasteiger partial charge in [-0.25, -0.2) is 9.78 Å². The Morgan fingerprint density at radius 1 is 0.471 bits per heavy atom. The molecule has 3 heterocycles. The predicted molar refractivity (Wildman–Crippen MR) is 483 cm³/mol. The normalized spacial score (nSPS) is 15.9. The van der Waals surface area contributed by atoms with Gasteiger partial charge in [0.05, 0.1) is 51.1 Å². The third kappa shape index (κ3) is 38.4. The second kappa shape index (κ2) is 56.3. The average molecular weight is 1910 g/mol. The smallest absolute Gasteiger partial charge is 0.326 e. The summed E-state index contributed by atoms with van der Waals surface area (Å²) in [6.45, 7) is 1.53. The van der Waals surface area contributed by atoms with E-state index >= 15 is 0 Å². The van der Waals surface area contributed by atoms with Crippen LogP contribution in [0.5, 0.6) is 5.75 Å². The Bertz CT molecular complexity index is 4800. The van der Waals surface area contributed by atoms with E-state index in [2.05, 4.69) is 89.7 Å². The number of unbranched alkanes of at least 4 members (excludes halogenated alkanes) is 1. The van der Waals surface area contributed by atoms with Crippen LogP contribution < -0.4 is 108 Å². The van der Waals surface area contributed by atoms with Gasteiger partial charge in [0.1, 0.15) is 78.3 Å². The standard InChI is InChI=1S/C87H125N25O24/c1-47(2)35-58(80(129)109-63(38-51-23-25-53(114)26-24-51)85(134)112-34-13-21-64(112)83(132)105-57(28-30-72(121)122)78(127)108-62(40-67(91)116)76(125)99-45-71(120)111-33-14-22-65(111)86(135)136)101-69(118)43-96-68(117)42-97-75(124)59(36-49-15-6-4-7-16-49)106-82(131)61(39-52-41-94-46-100-52)102-70(119)44-98-84(133)73(48(3)113)110-79(128)55(19-10-11-31-88)104-81(130)60(37-50-17-8-5-9-18-50)107-77(126)56(20-12-32-95-87(92)93)103-74(123)54(89)27-29-66(90)115/h4-9,15-18,23-26,41,46-48,54-65,73,113-114H,10-14,19-22,27-40,42-45,88-89H2,1-3H3,(H2,90,115)(H2,91,116)(H,94,100)(H,96,117)(H,97,124)(H,98,133)(H,99,125)(H,101,118)(H,102,119)(H,103,123)(H,104,130)(H,105,132)(H,106,131)(H,107,126)(H,108,127)(H,109,129)(H,110,128)(H,121,122)(H,135,136)(H4,92,93,95)/t48-,54+,55+,56+,57+,58+,59+,60+,61+,62+,63+,64+,65+,73+/m1/s1. The Labute approximate surface area is 782 Å². The van der Waals surface area contributed by atoms with Gasteiger partial charge in [0, 0.05) is 70.0 Å². The van der Waals surface area contributed by atoms with E-state index in [1.165, 1.54) is 36.8 Å².